The van der Waals surface area contributed by atoms with Gasteiger partial charge in [0.15, 0.2) is 0 Å². The molecule has 118 valence electrons. The molecule has 1 aliphatic heterocycles. The second-order valence-corrected chi connectivity index (χ2v) is 7.37. The first-order chi connectivity index (χ1) is 10.1. The zero-order valence-corrected chi connectivity index (χ0v) is 14.6. The smallest absolute Gasteiger partial charge is 0.0587 e. The van der Waals surface area contributed by atoms with Crippen molar-refractivity contribution in [2.45, 2.75) is 31.7 Å². The second kappa shape index (κ2) is 8.28. The third kappa shape index (κ3) is 4.52. The van der Waals surface area contributed by atoms with Crippen LogP contribution in [-0.2, 0) is 11.3 Å². The zero-order valence-electron chi connectivity index (χ0n) is 13.1. The van der Waals surface area contributed by atoms with E-state index in [1.807, 2.05) is 6.07 Å². The predicted octanol–water partition coefficient (Wildman–Crippen LogP) is 3.41. The highest BCUT2D eigenvalue weighted by Gasteiger charge is 2.26. The van der Waals surface area contributed by atoms with Crippen LogP contribution in [0.3, 0.4) is 0 Å². The van der Waals surface area contributed by atoms with Gasteiger partial charge in [-0.3, -0.25) is 0 Å². The van der Waals surface area contributed by atoms with Gasteiger partial charge in [0.2, 0.25) is 0 Å². The fourth-order valence-electron chi connectivity index (χ4n) is 2.65. The number of nitrogens with one attached hydrogen (secondary N) is 1. The SMILES string of the molecule is COCCNCc1cc(Cl)ccc1N1CCSC(C)C1C. The van der Waals surface area contributed by atoms with E-state index in [2.05, 4.69) is 48.0 Å². The Labute approximate surface area is 137 Å². The third-order valence-electron chi connectivity index (χ3n) is 4.03. The second-order valence-electron chi connectivity index (χ2n) is 5.45. The topological polar surface area (TPSA) is 24.5 Å². The molecule has 2 atom stereocenters. The first kappa shape index (κ1) is 16.9. The molecule has 5 heteroatoms. The van der Waals surface area contributed by atoms with E-state index in [0.29, 0.717) is 11.3 Å². The Balaban J connectivity index is 2.13. The van der Waals surface area contributed by atoms with Gasteiger partial charge in [-0.05, 0) is 30.7 Å². The number of ether oxygens (including phenoxy) is 1. The molecule has 2 unspecified atom stereocenters. The number of thioether (sulfide) groups is 1. The minimum absolute atomic E-state index is 0.544. The molecule has 0 bridgehead atoms. The molecule has 2 rings (SSSR count). The van der Waals surface area contributed by atoms with Gasteiger partial charge in [0.05, 0.1) is 6.61 Å². The van der Waals surface area contributed by atoms with E-state index in [4.69, 9.17) is 16.3 Å². The van der Waals surface area contributed by atoms with Crippen LogP contribution in [0.2, 0.25) is 5.02 Å². The first-order valence-corrected chi connectivity index (χ1v) is 8.92. The molecule has 1 heterocycles. The van der Waals surface area contributed by atoms with Crippen LogP contribution in [-0.4, -0.2) is 43.9 Å². The molecular formula is C16H25ClN2OS. The molecule has 0 amide bonds. The summed E-state index contributed by atoms with van der Waals surface area (Å²) < 4.78 is 5.08. The molecule has 0 aliphatic carbocycles. The van der Waals surface area contributed by atoms with Crippen molar-refractivity contribution in [3.05, 3.63) is 28.8 Å². The van der Waals surface area contributed by atoms with E-state index in [9.17, 15) is 0 Å². The van der Waals surface area contributed by atoms with Gasteiger partial charge >= 0.3 is 0 Å². The van der Waals surface area contributed by atoms with E-state index in [0.717, 1.165) is 31.3 Å². The standard InChI is InChI=1S/C16H25ClN2OS/c1-12-13(2)21-9-7-19(12)16-5-4-15(17)10-14(16)11-18-6-8-20-3/h4-5,10,12-13,18H,6-9,11H2,1-3H3. The molecular weight excluding hydrogens is 304 g/mol. The minimum Gasteiger partial charge on any atom is -0.383 e. The highest BCUT2D eigenvalue weighted by atomic mass is 35.5. The van der Waals surface area contributed by atoms with Gasteiger partial charge in [0.25, 0.3) is 0 Å². The van der Waals surface area contributed by atoms with Gasteiger partial charge < -0.3 is 15.0 Å². The van der Waals surface area contributed by atoms with Crippen LogP contribution in [0.5, 0.6) is 0 Å². The summed E-state index contributed by atoms with van der Waals surface area (Å²) in [5, 5.41) is 4.88. The summed E-state index contributed by atoms with van der Waals surface area (Å²) in [5.74, 6) is 1.19. The van der Waals surface area contributed by atoms with Crippen molar-refractivity contribution in [1.29, 1.82) is 0 Å². The Morgan fingerprint density at radius 2 is 2.24 bits per heavy atom. The van der Waals surface area contributed by atoms with Crippen molar-refractivity contribution in [1.82, 2.24) is 5.32 Å². The Morgan fingerprint density at radius 3 is 3.00 bits per heavy atom. The van der Waals surface area contributed by atoms with Gasteiger partial charge in [0.1, 0.15) is 0 Å². The fourth-order valence-corrected chi connectivity index (χ4v) is 3.94. The number of nitrogens with zero attached hydrogens (tertiary/aromatic N) is 1. The highest BCUT2D eigenvalue weighted by Crippen LogP contribution is 2.32. The lowest BCUT2D eigenvalue weighted by Crippen LogP contribution is -2.45. The van der Waals surface area contributed by atoms with Crippen LogP contribution < -0.4 is 10.2 Å². The van der Waals surface area contributed by atoms with Gasteiger partial charge in [-0.15, -0.1) is 0 Å². The van der Waals surface area contributed by atoms with Gasteiger partial charge in [-0.2, -0.15) is 11.8 Å². The van der Waals surface area contributed by atoms with E-state index in [1.165, 1.54) is 17.0 Å². The maximum Gasteiger partial charge on any atom is 0.0587 e. The van der Waals surface area contributed by atoms with Gasteiger partial charge in [0, 0.05) is 54.5 Å². The molecule has 21 heavy (non-hydrogen) atoms. The quantitative estimate of drug-likeness (QED) is 0.809. The van der Waals surface area contributed by atoms with Crippen molar-refractivity contribution in [3.8, 4) is 0 Å². The molecule has 0 spiro atoms. The van der Waals surface area contributed by atoms with E-state index in [-0.39, 0.29) is 0 Å². The molecule has 1 aromatic rings. The Kier molecular flexibility index (Phi) is 6.68. The summed E-state index contributed by atoms with van der Waals surface area (Å²) in [6.07, 6.45) is 0. The zero-order chi connectivity index (χ0) is 15.2. The molecule has 1 fully saturated rings. The van der Waals surface area contributed by atoms with Crippen molar-refractivity contribution < 1.29 is 4.74 Å². The summed E-state index contributed by atoms with van der Waals surface area (Å²) in [5.41, 5.74) is 2.58. The summed E-state index contributed by atoms with van der Waals surface area (Å²) in [6.45, 7) is 8.13. The Morgan fingerprint density at radius 1 is 1.43 bits per heavy atom. The molecule has 0 radical (unpaired) electrons. The molecule has 1 saturated heterocycles. The summed E-state index contributed by atoms with van der Waals surface area (Å²) in [4.78, 5) is 2.52. The van der Waals surface area contributed by atoms with Crippen molar-refractivity contribution in [2.75, 3.05) is 37.5 Å². The van der Waals surface area contributed by atoms with Crippen LogP contribution >= 0.6 is 23.4 Å². The van der Waals surface area contributed by atoms with Crippen LogP contribution in [0, 0.1) is 0 Å². The summed E-state index contributed by atoms with van der Waals surface area (Å²) >= 11 is 8.24. The summed E-state index contributed by atoms with van der Waals surface area (Å²) in [7, 11) is 1.72. The molecule has 1 N–H and O–H groups in total. The largest absolute Gasteiger partial charge is 0.383 e. The van der Waals surface area contributed by atoms with Crippen LogP contribution in [0.4, 0.5) is 5.69 Å². The lowest BCUT2D eigenvalue weighted by molar-refractivity contribution is 0.199. The van der Waals surface area contributed by atoms with E-state index >= 15 is 0 Å². The fraction of sp³-hybridized carbons (Fsp3) is 0.625. The Bertz CT molecular complexity index is 458. The minimum atomic E-state index is 0.544. The number of halogens is 1. The third-order valence-corrected chi connectivity index (χ3v) is 5.61. The van der Waals surface area contributed by atoms with Crippen LogP contribution in [0.1, 0.15) is 19.4 Å². The molecule has 0 saturated carbocycles. The van der Waals surface area contributed by atoms with E-state index in [1.54, 1.807) is 7.11 Å². The van der Waals surface area contributed by atoms with Crippen molar-refractivity contribution in [2.24, 2.45) is 0 Å². The number of methoxy groups -OCH3 is 1. The van der Waals surface area contributed by atoms with Crippen LogP contribution in [0.15, 0.2) is 18.2 Å². The van der Waals surface area contributed by atoms with Gasteiger partial charge in [-0.1, -0.05) is 18.5 Å². The molecule has 0 aromatic heterocycles. The van der Waals surface area contributed by atoms with Crippen molar-refractivity contribution in [3.63, 3.8) is 0 Å². The Hall–Kier alpha value is -0.420. The highest BCUT2D eigenvalue weighted by molar-refractivity contribution is 8.00. The van der Waals surface area contributed by atoms with Crippen molar-refractivity contribution >= 4 is 29.1 Å². The lowest BCUT2D eigenvalue weighted by Gasteiger charge is -2.40. The number of hydrogen-bond acceptors (Lipinski definition) is 4. The monoisotopic (exact) mass is 328 g/mol. The number of benzene rings is 1. The first-order valence-electron chi connectivity index (χ1n) is 7.50. The molecule has 3 nitrogen and oxygen atoms in total. The maximum absolute atomic E-state index is 6.19. The molecule has 1 aromatic carbocycles. The molecule has 1 aliphatic rings. The van der Waals surface area contributed by atoms with Crippen LogP contribution in [0.25, 0.3) is 0 Å². The number of anilines is 1. The number of rotatable bonds is 6. The predicted molar refractivity (Wildman–Crippen MR) is 93.8 cm³/mol. The lowest BCUT2D eigenvalue weighted by atomic mass is 10.1. The van der Waals surface area contributed by atoms with E-state index < -0.39 is 0 Å². The maximum atomic E-state index is 6.19. The van der Waals surface area contributed by atoms with Gasteiger partial charge in [-0.25, -0.2) is 0 Å². The normalized spacial score (nSPS) is 22.6. The number of hydrogen-bond donors (Lipinski definition) is 1. The average molecular weight is 329 g/mol. The summed E-state index contributed by atoms with van der Waals surface area (Å²) in [6, 6.07) is 6.78. The average Bonchev–Trinajstić information content (AvgIpc) is 2.47.